The number of ether oxygens (including phenoxy) is 1. The molecule has 0 heterocycles. The van der Waals surface area contributed by atoms with Gasteiger partial charge in [-0.3, -0.25) is 9.69 Å². The molecule has 0 bridgehead atoms. The fraction of sp³-hybridized carbons (Fsp3) is 0.588. The first-order valence-corrected chi connectivity index (χ1v) is 7.43. The second-order valence-electron chi connectivity index (χ2n) is 5.21. The number of nitrogens with zero attached hydrogens (tertiary/aromatic N) is 1. The van der Waals surface area contributed by atoms with Gasteiger partial charge in [0.05, 0.1) is 12.6 Å². The van der Waals surface area contributed by atoms with E-state index in [9.17, 15) is 4.79 Å². The van der Waals surface area contributed by atoms with Crippen molar-refractivity contribution in [3.8, 4) is 5.75 Å². The van der Waals surface area contributed by atoms with E-state index in [0.29, 0.717) is 6.42 Å². The van der Waals surface area contributed by atoms with Crippen LogP contribution < -0.4 is 4.74 Å². The first kappa shape index (κ1) is 16.7. The molecule has 20 heavy (non-hydrogen) atoms. The third-order valence-corrected chi connectivity index (χ3v) is 4.29. The summed E-state index contributed by atoms with van der Waals surface area (Å²) in [4.78, 5) is 15.0. The molecule has 3 heteroatoms. The number of Topliss-reactive ketones (excluding diaryl/α,β-unsaturated/α-hetero) is 1. The molecule has 3 nitrogen and oxygen atoms in total. The zero-order chi connectivity index (χ0) is 15.2. The largest absolute Gasteiger partial charge is 0.496 e. The zero-order valence-electron chi connectivity index (χ0n) is 13.4. The van der Waals surface area contributed by atoms with Crippen molar-refractivity contribution in [3.05, 3.63) is 29.8 Å². The van der Waals surface area contributed by atoms with E-state index >= 15 is 0 Å². The third-order valence-electron chi connectivity index (χ3n) is 4.29. The van der Waals surface area contributed by atoms with Crippen molar-refractivity contribution in [2.45, 2.75) is 46.1 Å². The van der Waals surface area contributed by atoms with Crippen LogP contribution in [0.4, 0.5) is 0 Å². The van der Waals surface area contributed by atoms with Crippen LogP contribution in [0.15, 0.2) is 24.3 Å². The molecule has 0 amide bonds. The predicted octanol–water partition coefficient (Wildman–Crippen LogP) is 3.32. The van der Waals surface area contributed by atoms with Gasteiger partial charge in [0.1, 0.15) is 5.75 Å². The summed E-state index contributed by atoms with van der Waals surface area (Å²) >= 11 is 0. The fourth-order valence-corrected chi connectivity index (χ4v) is 2.73. The van der Waals surface area contributed by atoms with E-state index in [1.807, 2.05) is 24.3 Å². The highest BCUT2D eigenvalue weighted by Gasteiger charge is 2.35. The maximum atomic E-state index is 12.8. The van der Waals surface area contributed by atoms with Crippen molar-refractivity contribution in [2.75, 3.05) is 20.2 Å². The lowest BCUT2D eigenvalue weighted by Crippen LogP contribution is -2.52. The Labute approximate surface area is 122 Å². The molecule has 0 saturated heterocycles. The Kier molecular flexibility index (Phi) is 6.21. The van der Waals surface area contributed by atoms with Gasteiger partial charge in [-0.1, -0.05) is 39.0 Å². The third kappa shape index (κ3) is 3.40. The van der Waals surface area contributed by atoms with E-state index in [0.717, 1.165) is 30.8 Å². The average Bonchev–Trinajstić information content (AvgIpc) is 2.48. The second kappa shape index (κ2) is 7.44. The Bertz CT molecular complexity index is 440. The van der Waals surface area contributed by atoms with Gasteiger partial charge < -0.3 is 4.74 Å². The first-order valence-electron chi connectivity index (χ1n) is 7.43. The molecular weight excluding hydrogens is 250 g/mol. The van der Waals surface area contributed by atoms with Crippen LogP contribution in [-0.4, -0.2) is 36.4 Å². The molecule has 0 radical (unpaired) electrons. The number of para-hydroxylation sites is 1. The maximum Gasteiger partial charge on any atom is 0.157 e. The molecular formula is C17H27NO2. The summed E-state index contributed by atoms with van der Waals surface area (Å²) in [5.74, 6) is 1.05. The van der Waals surface area contributed by atoms with Gasteiger partial charge in [0, 0.05) is 12.0 Å². The number of ketones is 1. The molecule has 0 aromatic heterocycles. The summed E-state index contributed by atoms with van der Waals surface area (Å²) in [6.07, 6.45) is 1.24. The summed E-state index contributed by atoms with van der Waals surface area (Å²) < 4.78 is 5.34. The Balaban J connectivity index is 2.98. The number of hydrogen-bond acceptors (Lipinski definition) is 3. The van der Waals surface area contributed by atoms with Crippen LogP contribution in [0.2, 0.25) is 0 Å². The van der Waals surface area contributed by atoms with Crippen LogP contribution in [0.25, 0.3) is 0 Å². The molecule has 0 fully saturated rings. The van der Waals surface area contributed by atoms with Crippen molar-refractivity contribution in [2.24, 2.45) is 0 Å². The molecule has 1 aromatic rings. The molecule has 0 spiro atoms. The minimum Gasteiger partial charge on any atom is -0.496 e. The quantitative estimate of drug-likeness (QED) is 0.730. The van der Waals surface area contributed by atoms with E-state index in [1.54, 1.807) is 7.11 Å². The topological polar surface area (TPSA) is 29.5 Å². The van der Waals surface area contributed by atoms with Crippen molar-refractivity contribution < 1.29 is 9.53 Å². The minimum atomic E-state index is -0.398. The predicted molar refractivity (Wildman–Crippen MR) is 83.3 cm³/mol. The zero-order valence-corrected chi connectivity index (χ0v) is 13.4. The number of carbonyl (C=O) groups is 1. The van der Waals surface area contributed by atoms with Gasteiger partial charge in [-0.25, -0.2) is 0 Å². The highest BCUT2D eigenvalue weighted by atomic mass is 16.5. The molecule has 0 N–H and O–H groups in total. The van der Waals surface area contributed by atoms with E-state index in [1.165, 1.54) is 0 Å². The Morgan fingerprint density at radius 3 is 2.30 bits per heavy atom. The van der Waals surface area contributed by atoms with Crippen LogP contribution >= 0.6 is 0 Å². The highest BCUT2D eigenvalue weighted by Crippen LogP contribution is 2.25. The molecule has 1 rings (SSSR count). The number of likely N-dealkylation sites (N-methyl/N-ethyl adjacent to an activating group) is 1. The lowest BCUT2D eigenvalue weighted by molar-refractivity contribution is -0.129. The van der Waals surface area contributed by atoms with Gasteiger partial charge in [-0.2, -0.15) is 0 Å². The van der Waals surface area contributed by atoms with Crippen LogP contribution in [0, 0.1) is 0 Å². The van der Waals surface area contributed by atoms with Gasteiger partial charge >= 0.3 is 0 Å². The van der Waals surface area contributed by atoms with E-state index in [4.69, 9.17) is 4.74 Å². The summed E-state index contributed by atoms with van der Waals surface area (Å²) in [5.41, 5.74) is 0.566. The number of hydrogen-bond donors (Lipinski definition) is 0. The summed E-state index contributed by atoms with van der Waals surface area (Å²) in [6.45, 7) is 10.1. The van der Waals surface area contributed by atoms with Gasteiger partial charge in [0.25, 0.3) is 0 Å². The monoisotopic (exact) mass is 277 g/mol. The average molecular weight is 277 g/mol. The summed E-state index contributed by atoms with van der Waals surface area (Å²) in [5, 5.41) is 0. The highest BCUT2D eigenvalue weighted by molar-refractivity contribution is 5.90. The van der Waals surface area contributed by atoms with Gasteiger partial charge in [0.15, 0.2) is 5.78 Å². The van der Waals surface area contributed by atoms with Crippen molar-refractivity contribution in [3.63, 3.8) is 0 Å². The van der Waals surface area contributed by atoms with E-state index < -0.39 is 5.54 Å². The van der Waals surface area contributed by atoms with Crippen LogP contribution in [0.3, 0.4) is 0 Å². The van der Waals surface area contributed by atoms with Crippen LogP contribution in [0.1, 0.15) is 39.7 Å². The first-order chi connectivity index (χ1) is 9.53. The normalized spacial score (nSPS) is 14.1. The molecule has 112 valence electrons. The number of rotatable bonds is 8. The molecule has 1 atom stereocenters. The molecule has 1 aromatic carbocycles. The number of carbonyl (C=O) groups excluding carboxylic acids is 1. The minimum absolute atomic E-state index is 0.258. The Morgan fingerprint density at radius 2 is 1.80 bits per heavy atom. The second-order valence-corrected chi connectivity index (χ2v) is 5.21. The SMILES string of the molecule is CCN(CC)C(C)(CC)C(=O)Cc1ccccc1OC. The number of methoxy groups -OCH3 is 1. The van der Waals surface area contributed by atoms with Gasteiger partial charge in [-0.15, -0.1) is 0 Å². The molecule has 0 saturated carbocycles. The summed E-state index contributed by atoms with van der Waals surface area (Å²) in [6, 6.07) is 7.75. The summed E-state index contributed by atoms with van der Waals surface area (Å²) in [7, 11) is 1.65. The molecule has 0 aliphatic rings. The van der Waals surface area contributed by atoms with Gasteiger partial charge in [-0.05, 0) is 32.5 Å². The molecule has 0 aliphatic carbocycles. The van der Waals surface area contributed by atoms with Gasteiger partial charge in [0.2, 0.25) is 0 Å². The molecule has 0 aliphatic heterocycles. The van der Waals surface area contributed by atoms with Crippen molar-refractivity contribution in [1.82, 2.24) is 4.90 Å². The van der Waals surface area contributed by atoms with E-state index in [2.05, 4.69) is 32.6 Å². The standard InChI is InChI=1S/C17H27NO2/c1-6-17(4,18(7-2)8-3)16(19)13-14-11-9-10-12-15(14)20-5/h9-12H,6-8,13H2,1-5H3. The van der Waals surface area contributed by atoms with E-state index in [-0.39, 0.29) is 5.78 Å². The Morgan fingerprint density at radius 1 is 1.20 bits per heavy atom. The maximum absolute atomic E-state index is 12.8. The lowest BCUT2D eigenvalue weighted by atomic mass is 9.87. The van der Waals surface area contributed by atoms with Crippen molar-refractivity contribution >= 4 is 5.78 Å². The molecule has 1 unspecified atom stereocenters. The number of benzene rings is 1. The Hall–Kier alpha value is -1.35. The lowest BCUT2D eigenvalue weighted by Gasteiger charge is -2.38. The fourth-order valence-electron chi connectivity index (χ4n) is 2.73. The smallest absolute Gasteiger partial charge is 0.157 e. The van der Waals surface area contributed by atoms with Crippen molar-refractivity contribution in [1.29, 1.82) is 0 Å². The van der Waals surface area contributed by atoms with Crippen LogP contribution in [0.5, 0.6) is 5.75 Å². The van der Waals surface area contributed by atoms with Crippen LogP contribution in [-0.2, 0) is 11.2 Å².